The van der Waals surface area contributed by atoms with Crippen LogP contribution >= 0.6 is 11.3 Å². The number of rotatable bonds is 5. The standard InChI is InChI=1S/C19H22N2O5S2/c22-18(21-9-1-3-15(13-21)19-25-10-11-26-19)14-5-7-16(8-6-14)20-28(23,24)17-4-2-12-27-17/h2,4-8,12,15,19-20H,1,3,9-11,13H2. The summed E-state index contributed by atoms with van der Waals surface area (Å²) < 4.78 is 38.6. The highest BCUT2D eigenvalue weighted by Gasteiger charge is 2.33. The van der Waals surface area contributed by atoms with Gasteiger partial charge in [0.05, 0.1) is 13.2 Å². The number of thiophene rings is 1. The number of benzene rings is 1. The Morgan fingerprint density at radius 2 is 1.89 bits per heavy atom. The summed E-state index contributed by atoms with van der Waals surface area (Å²) in [6.45, 7) is 2.53. The molecule has 2 saturated heterocycles. The number of nitrogens with one attached hydrogen (secondary N) is 1. The molecule has 1 N–H and O–H groups in total. The van der Waals surface area contributed by atoms with E-state index < -0.39 is 10.0 Å². The number of likely N-dealkylation sites (tertiary alicyclic amines) is 1. The predicted octanol–water partition coefficient (Wildman–Crippen LogP) is 2.77. The quantitative estimate of drug-likeness (QED) is 0.801. The molecule has 0 radical (unpaired) electrons. The largest absolute Gasteiger partial charge is 0.350 e. The van der Waals surface area contributed by atoms with Crippen molar-refractivity contribution in [3.8, 4) is 0 Å². The van der Waals surface area contributed by atoms with Crippen LogP contribution in [0.4, 0.5) is 5.69 Å². The van der Waals surface area contributed by atoms with Crippen molar-refractivity contribution < 1.29 is 22.7 Å². The molecule has 4 rings (SSSR count). The van der Waals surface area contributed by atoms with Crippen LogP contribution in [-0.2, 0) is 19.5 Å². The molecule has 1 unspecified atom stereocenters. The Morgan fingerprint density at radius 3 is 2.57 bits per heavy atom. The van der Waals surface area contributed by atoms with Gasteiger partial charge in [0.1, 0.15) is 4.21 Å². The molecule has 2 fully saturated rings. The van der Waals surface area contributed by atoms with Crippen molar-refractivity contribution in [2.45, 2.75) is 23.3 Å². The van der Waals surface area contributed by atoms with E-state index in [4.69, 9.17) is 9.47 Å². The van der Waals surface area contributed by atoms with Gasteiger partial charge in [0.25, 0.3) is 15.9 Å². The number of sulfonamides is 1. The van der Waals surface area contributed by atoms with E-state index in [9.17, 15) is 13.2 Å². The molecular formula is C19H22N2O5S2. The molecule has 9 heteroatoms. The molecule has 1 aromatic heterocycles. The van der Waals surface area contributed by atoms with Crippen LogP contribution in [0, 0.1) is 5.92 Å². The first-order chi connectivity index (χ1) is 13.5. The lowest BCUT2D eigenvalue weighted by Gasteiger charge is -2.34. The fourth-order valence-corrected chi connectivity index (χ4v) is 5.60. The molecule has 7 nitrogen and oxygen atoms in total. The number of carbonyl (C=O) groups excluding carboxylic acids is 1. The highest BCUT2D eigenvalue weighted by Crippen LogP contribution is 2.26. The molecule has 0 spiro atoms. The first kappa shape index (κ1) is 19.4. The molecule has 0 saturated carbocycles. The summed E-state index contributed by atoms with van der Waals surface area (Å²) in [4.78, 5) is 14.7. The van der Waals surface area contributed by atoms with Crippen LogP contribution in [0.15, 0.2) is 46.0 Å². The zero-order chi connectivity index (χ0) is 19.6. The number of hydrogen-bond donors (Lipinski definition) is 1. The maximum Gasteiger partial charge on any atom is 0.271 e. The monoisotopic (exact) mass is 422 g/mol. The summed E-state index contributed by atoms with van der Waals surface area (Å²) in [5, 5.41) is 1.71. The van der Waals surface area contributed by atoms with E-state index in [1.165, 1.54) is 0 Å². The Bertz CT molecular complexity index is 906. The van der Waals surface area contributed by atoms with E-state index in [-0.39, 0.29) is 22.3 Å². The van der Waals surface area contributed by atoms with Crippen LogP contribution in [0.3, 0.4) is 0 Å². The van der Waals surface area contributed by atoms with Gasteiger partial charge in [-0.25, -0.2) is 8.42 Å². The van der Waals surface area contributed by atoms with Gasteiger partial charge >= 0.3 is 0 Å². The van der Waals surface area contributed by atoms with Gasteiger partial charge in [0, 0.05) is 30.3 Å². The Labute approximate surface area is 168 Å². The second kappa shape index (κ2) is 8.20. The topological polar surface area (TPSA) is 84.9 Å². The Hall–Kier alpha value is -1.94. The fraction of sp³-hybridized carbons (Fsp3) is 0.421. The number of amides is 1. The van der Waals surface area contributed by atoms with Crippen LogP contribution in [0.2, 0.25) is 0 Å². The van der Waals surface area contributed by atoms with Crippen molar-refractivity contribution in [1.82, 2.24) is 4.90 Å². The summed E-state index contributed by atoms with van der Waals surface area (Å²) in [6.07, 6.45) is 1.68. The number of nitrogens with zero attached hydrogens (tertiary/aromatic N) is 1. The molecule has 2 aliphatic rings. The summed E-state index contributed by atoms with van der Waals surface area (Å²) in [7, 11) is -3.59. The summed E-state index contributed by atoms with van der Waals surface area (Å²) in [5.41, 5.74) is 0.960. The third-order valence-electron chi connectivity index (χ3n) is 4.92. The second-order valence-corrected chi connectivity index (χ2v) is 9.74. The van der Waals surface area contributed by atoms with E-state index in [1.807, 2.05) is 4.90 Å². The Kier molecular flexibility index (Phi) is 5.68. The van der Waals surface area contributed by atoms with Crippen LogP contribution < -0.4 is 4.72 Å². The molecule has 150 valence electrons. The third kappa shape index (κ3) is 4.22. The third-order valence-corrected chi connectivity index (χ3v) is 7.70. The maximum absolute atomic E-state index is 12.9. The average Bonchev–Trinajstić information content (AvgIpc) is 3.42. The lowest BCUT2D eigenvalue weighted by atomic mass is 9.96. The Morgan fingerprint density at radius 1 is 1.14 bits per heavy atom. The SMILES string of the molecule is O=C(c1ccc(NS(=O)(=O)c2cccs2)cc1)N1CCCC(C2OCCO2)C1. The van der Waals surface area contributed by atoms with E-state index in [2.05, 4.69) is 4.72 Å². The van der Waals surface area contributed by atoms with Crippen molar-refractivity contribution >= 4 is 33.0 Å². The zero-order valence-electron chi connectivity index (χ0n) is 15.2. The van der Waals surface area contributed by atoms with Gasteiger partial charge < -0.3 is 14.4 Å². The molecule has 2 aliphatic heterocycles. The van der Waals surface area contributed by atoms with Crippen molar-refractivity contribution in [2.75, 3.05) is 31.0 Å². The fourth-order valence-electron chi connectivity index (χ4n) is 3.55. The van der Waals surface area contributed by atoms with Gasteiger partial charge in [0.15, 0.2) is 6.29 Å². The van der Waals surface area contributed by atoms with Gasteiger partial charge in [-0.15, -0.1) is 11.3 Å². The lowest BCUT2D eigenvalue weighted by molar-refractivity contribution is -0.0969. The molecule has 0 aliphatic carbocycles. The molecule has 0 bridgehead atoms. The van der Waals surface area contributed by atoms with Crippen molar-refractivity contribution in [3.63, 3.8) is 0 Å². The van der Waals surface area contributed by atoms with Crippen LogP contribution in [0.5, 0.6) is 0 Å². The number of ether oxygens (including phenoxy) is 2. The smallest absolute Gasteiger partial charge is 0.271 e. The molecule has 3 heterocycles. The predicted molar refractivity (Wildman–Crippen MR) is 106 cm³/mol. The number of anilines is 1. The van der Waals surface area contributed by atoms with E-state index >= 15 is 0 Å². The van der Waals surface area contributed by atoms with Crippen LogP contribution in [-0.4, -0.2) is 51.8 Å². The van der Waals surface area contributed by atoms with Gasteiger partial charge in [-0.2, -0.15) is 0 Å². The van der Waals surface area contributed by atoms with Crippen LogP contribution in [0.25, 0.3) is 0 Å². The maximum atomic E-state index is 12.9. The normalized spacial score (nSPS) is 21.0. The highest BCUT2D eigenvalue weighted by molar-refractivity contribution is 7.94. The molecule has 2 aromatic rings. The van der Waals surface area contributed by atoms with Gasteiger partial charge in [-0.3, -0.25) is 9.52 Å². The van der Waals surface area contributed by atoms with E-state index in [0.717, 1.165) is 24.2 Å². The number of piperidine rings is 1. The van der Waals surface area contributed by atoms with Crippen LogP contribution in [0.1, 0.15) is 23.2 Å². The minimum absolute atomic E-state index is 0.0599. The van der Waals surface area contributed by atoms with Gasteiger partial charge in [-0.1, -0.05) is 6.07 Å². The molecule has 1 aromatic carbocycles. The molecule has 28 heavy (non-hydrogen) atoms. The molecular weight excluding hydrogens is 400 g/mol. The molecule has 1 atom stereocenters. The lowest BCUT2D eigenvalue weighted by Crippen LogP contribution is -2.43. The average molecular weight is 423 g/mol. The van der Waals surface area contributed by atoms with E-state index in [0.29, 0.717) is 37.6 Å². The van der Waals surface area contributed by atoms with E-state index in [1.54, 1.807) is 41.8 Å². The van der Waals surface area contributed by atoms with Gasteiger partial charge in [0.2, 0.25) is 0 Å². The number of carbonyl (C=O) groups is 1. The zero-order valence-corrected chi connectivity index (χ0v) is 16.9. The van der Waals surface area contributed by atoms with Crippen molar-refractivity contribution in [3.05, 3.63) is 47.3 Å². The number of hydrogen-bond acceptors (Lipinski definition) is 6. The first-order valence-electron chi connectivity index (χ1n) is 9.22. The van der Waals surface area contributed by atoms with Gasteiger partial charge in [-0.05, 0) is 48.6 Å². The summed E-state index contributed by atoms with van der Waals surface area (Å²) in [6, 6.07) is 9.78. The molecule has 1 amide bonds. The highest BCUT2D eigenvalue weighted by atomic mass is 32.2. The minimum Gasteiger partial charge on any atom is -0.350 e. The summed E-state index contributed by atoms with van der Waals surface area (Å²) in [5.74, 6) is 0.132. The van der Waals surface area contributed by atoms with Crippen molar-refractivity contribution in [1.29, 1.82) is 0 Å². The minimum atomic E-state index is -3.59. The first-order valence-corrected chi connectivity index (χ1v) is 11.6. The van der Waals surface area contributed by atoms with Crippen molar-refractivity contribution in [2.24, 2.45) is 5.92 Å². The Balaban J connectivity index is 1.41. The second-order valence-electron chi connectivity index (χ2n) is 6.88. The summed E-state index contributed by atoms with van der Waals surface area (Å²) >= 11 is 1.15.